The number of hydrogen-bond donors (Lipinski definition) is 4. The lowest BCUT2D eigenvalue weighted by atomic mass is 10.0. The lowest BCUT2D eigenvalue weighted by Gasteiger charge is -2.18. The fourth-order valence-electron chi connectivity index (χ4n) is 3.54. The van der Waals surface area contributed by atoms with Gasteiger partial charge in [0.15, 0.2) is 0 Å². The zero-order chi connectivity index (χ0) is 20.8. The van der Waals surface area contributed by atoms with Gasteiger partial charge in [-0.2, -0.15) is 0 Å². The van der Waals surface area contributed by atoms with E-state index < -0.39 is 24.7 Å². The molecule has 10 heteroatoms. The van der Waals surface area contributed by atoms with Crippen molar-refractivity contribution in [2.45, 2.75) is 17.4 Å². The minimum absolute atomic E-state index is 0.103. The van der Waals surface area contributed by atoms with Crippen molar-refractivity contribution in [3.63, 3.8) is 0 Å². The number of aromatic nitrogens is 1. The number of rotatable bonds is 5. The molecule has 154 valence electrons. The Balaban J connectivity index is 1.70. The second kappa shape index (κ2) is 7.74. The quantitative estimate of drug-likeness (QED) is 0.355. The minimum atomic E-state index is -4.27. The molecule has 29 heavy (non-hydrogen) atoms. The van der Waals surface area contributed by atoms with Gasteiger partial charge >= 0.3 is 7.60 Å². The molecule has 0 bridgehead atoms. The van der Waals surface area contributed by atoms with Gasteiger partial charge in [-0.1, -0.05) is 12.1 Å². The first-order chi connectivity index (χ1) is 13.7. The Morgan fingerprint density at radius 1 is 1.24 bits per heavy atom. The summed E-state index contributed by atoms with van der Waals surface area (Å²) in [6, 6.07) is 7.96. The third-order valence-electron chi connectivity index (χ3n) is 4.90. The summed E-state index contributed by atoms with van der Waals surface area (Å²) in [6.45, 7) is 1.25. The number of aliphatic hydroxyl groups excluding tert-OH is 1. The van der Waals surface area contributed by atoms with Crippen molar-refractivity contribution in [1.29, 1.82) is 0 Å². The number of nitrogens with one attached hydrogen (secondary N) is 1. The van der Waals surface area contributed by atoms with Crippen molar-refractivity contribution in [2.24, 2.45) is 0 Å². The molecule has 1 fully saturated rings. The normalized spacial score (nSPS) is 17.4. The molecule has 4 N–H and O–H groups in total. The highest BCUT2D eigenvalue weighted by atomic mass is 32.2. The number of nitrogens with zero attached hydrogens (tertiary/aromatic N) is 1. The summed E-state index contributed by atoms with van der Waals surface area (Å²) in [5, 5.41) is 9.78. The zero-order valence-electron chi connectivity index (χ0n) is 15.2. The monoisotopic (exact) mass is 440 g/mol. The van der Waals surface area contributed by atoms with Crippen LogP contribution in [-0.4, -0.2) is 44.6 Å². The molecule has 0 spiro atoms. The van der Waals surface area contributed by atoms with Gasteiger partial charge in [-0.3, -0.25) is 4.57 Å². The van der Waals surface area contributed by atoms with Gasteiger partial charge in [0.2, 0.25) is 0 Å². The fraction of sp³-hybridized carbons (Fsp3) is 0.263. The van der Waals surface area contributed by atoms with E-state index in [1.54, 1.807) is 24.3 Å². The van der Waals surface area contributed by atoms with Gasteiger partial charge < -0.3 is 24.8 Å². The number of thioether (sulfide) groups is 1. The number of aliphatic hydroxyl groups is 1. The Kier molecular flexibility index (Phi) is 5.44. The number of halogens is 2. The highest BCUT2D eigenvalue weighted by molar-refractivity contribution is 8.04. The Bertz CT molecular complexity index is 1100. The molecule has 1 atom stereocenters. The van der Waals surface area contributed by atoms with Crippen molar-refractivity contribution in [1.82, 2.24) is 4.98 Å². The Morgan fingerprint density at radius 2 is 1.97 bits per heavy atom. The van der Waals surface area contributed by atoms with Gasteiger partial charge in [0.05, 0.1) is 17.2 Å². The van der Waals surface area contributed by atoms with E-state index in [0.29, 0.717) is 23.4 Å². The molecule has 3 aromatic rings. The number of H-pyrrole nitrogens is 1. The number of fused-ring (bicyclic) bond motifs is 1. The molecule has 1 unspecified atom stereocenters. The van der Waals surface area contributed by atoms with Gasteiger partial charge in [-0.05, 0) is 30.2 Å². The van der Waals surface area contributed by atoms with Crippen molar-refractivity contribution in [3.05, 3.63) is 48.2 Å². The van der Waals surface area contributed by atoms with Crippen LogP contribution in [0.25, 0.3) is 22.0 Å². The standard InChI is InChI=1S/C19H19F2N2O4PS/c20-14-7-15-18(16(8-22-15)29-10-28(25,26)27)19(21)17(14)11-1-3-12(4-2-11)23-6-5-13(24)9-23/h1-4,7-8,13,22,24H,5-6,9-10H2,(H2,25,26,27). The van der Waals surface area contributed by atoms with Gasteiger partial charge in [0.1, 0.15) is 17.1 Å². The van der Waals surface area contributed by atoms with E-state index >= 15 is 4.39 Å². The maximum Gasteiger partial charge on any atom is 0.335 e. The van der Waals surface area contributed by atoms with Crippen LogP contribution in [0.3, 0.4) is 0 Å². The van der Waals surface area contributed by atoms with Crippen LogP contribution in [0, 0.1) is 11.6 Å². The maximum absolute atomic E-state index is 15.3. The van der Waals surface area contributed by atoms with Crippen LogP contribution in [0.2, 0.25) is 0 Å². The molecule has 1 aliphatic heterocycles. The van der Waals surface area contributed by atoms with Crippen LogP contribution in [0.1, 0.15) is 6.42 Å². The van der Waals surface area contributed by atoms with E-state index in [2.05, 4.69) is 4.98 Å². The molecule has 4 rings (SSSR count). The van der Waals surface area contributed by atoms with Crippen LogP contribution in [0.4, 0.5) is 14.5 Å². The van der Waals surface area contributed by atoms with Gasteiger partial charge in [-0.25, -0.2) is 8.78 Å². The van der Waals surface area contributed by atoms with Crippen molar-refractivity contribution in [3.8, 4) is 11.1 Å². The van der Waals surface area contributed by atoms with E-state index in [0.717, 1.165) is 24.0 Å². The topological polar surface area (TPSA) is 96.8 Å². The molecule has 1 saturated heterocycles. The molecule has 2 aromatic carbocycles. The van der Waals surface area contributed by atoms with E-state index in [1.165, 1.54) is 12.3 Å². The Hall–Kier alpha value is -1.90. The molecule has 1 aliphatic rings. The lowest BCUT2D eigenvalue weighted by Crippen LogP contribution is -2.20. The summed E-state index contributed by atoms with van der Waals surface area (Å²) in [5.41, 5.74) is 0.759. The molecule has 0 aliphatic carbocycles. The van der Waals surface area contributed by atoms with E-state index in [-0.39, 0.29) is 22.6 Å². The van der Waals surface area contributed by atoms with Crippen LogP contribution >= 0.6 is 19.4 Å². The van der Waals surface area contributed by atoms with Crippen molar-refractivity contribution in [2.75, 3.05) is 23.5 Å². The average molecular weight is 440 g/mol. The average Bonchev–Trinajstić information content (AvgIpc) is 3.26. The first-order valence-corrected chi connectivity index (χ1v) is 11.7. The molecule has 2 heterocycles. The first kappa shape index (κ1) is 20.4. The summed E-state index contributed by atoms with van der Waals surface area (Å²) >= 11 is 0.820. The number of anilines is 1. The van der Waals surface area contributed by atoms with E-state index in [9.17, 15) is 14.1 Å². The molecule has 0 radical (unpaired) electrons. The van der Waals surface area contributed by atoms with Crippen LogP contribution in [-0.2, 0) is 4.57 Å². The van der Waals surface area contributed by atoms with E-state index in [4.69, 9.17) is 9.79 Å². The second-order valence-electron chi connectivity index (χ2n) is 7.00. The first-order valence-electron chi connectivity index (χ1n) is 8.93. The fourth-order valence-corrected chi connectivity index (χ4v) is 5.25. The molecular formula is C19H19F2N2O4PS. The summed E-state index contributed by atoms with van der Waals surface area (Å²) in [5.74, 6) is -1.51. The highest BCUT2D eigenvalue weighted by Gasteiger charge is 2.23. The SMILES string of the molecule is O=P(O)(O)CSc1c[nH]c2cc(F)c(-c3ccc(N4CCC(O)C4)cc3)c(F)c12. The molecule has 0 amide bonds. The van der Waals surface area contributed by atoms with Crippen molar-refractivity contribution < 1.29 is 28.2 Å². The van der Waals surface area contributed by atoms with Crippen molar-refractivity contribution >= 4 is 35.9 Å². The van der Waals surface area contributed by atoms with Gasteiger partial charge in [0.25, 0.3) is 0 Å². The largest absolute Gasteiger partial charge is 0.391 e. The summed E-state index contributed by atoms with van der Waals surface area (Å²) in [4.78, 5) is 23.2. The minimum Gasteiger partial charge on any atom is -0.391 e. The number of benzene rings is 2. The van der Waals surface area contributed by atoms with Crippen LogP contribution in [0.15, 0.2) is 41.4 Å². The second-order valence-corrected chi connectivity index (χ2v) is 10.1. The third kappa shape index (κ3) is 4.20. The predicted molar refractivity (Wildman–Crippen MR) is 109 cm³/mol. The molecule has 1 aromatic heterocycles. The molecular weight excluding hydrogens is 421 g/mol. The zero-order valence-corrected chi connectivity index (χ0v) is 16.9. The smallest absolute Gasteiger partial charge is 0.335 e. The number of hydrogen-bond acceptors (Lipinski definition) is 4. The summed E-state index contributed by atoms with van der Waals surface area (Å²) in [7, 11) is -4.27. The van der Waals surface area contributed by atoms with E-state index in [1.807, 2.05) is 4.90 Å². The van der Waals surface area contributed by atoms with Gasteiger partial charge in [-0.15, -0.1) is 11.8 Å². The number of aromatic amines is 1. The Labute approximate surface area is 169 Å². The Morgan fingerprint density at radius 3 is 2.59 bits per heavy atom. The lowest BCUT2D eigenvalue weighted by molar-refractivity contribution is 0.198. The van der Waals surface area contributed by atoms with Crippen LogP contribution in [0.5, 0.6) is 0 Å². The number of β-amino-alcohol motifs (C(OH)–C–C–N with tert-alkyl or cyclic N) is 1. The highest BCUT2D eigenvalue weighted by Crippen LogP contribution is 2.44. The maximum atomic E-state index is 15.3. The van der Waals surface area contributed by atoms with Crippen LogP contribution < -0.4 is 4.90 Å². The summed E-state index contributed by atoms with van der Waals surface area (Å²) in [6.07, 6.45) is 1.73. The van der Waals surface area contributed by atoms with Gasteiger partial charge in [0, 0.05) is 35.3 Å². The molecule has 6 nitrogen and oxygen atoms in total. The molecule has 0 saturated carbocycles. The third-order valence-corrected chi connectivity index (χ3v) is 7.39. The predicted octanol–water partition coefficient (Wildman–Crippen LogP) is 3.91. The summed E-state index contributed by atoms with van der Waals surface area (Å²) < 4.78 is 41.1.